The molecule has 2 aromatic carbocycles. The van der Waals surface area contributed by atoms with E-state index in [1.54, 1.807) is 12.1 Å². The number of benzene rings is 2. The smallest absolute Gasteiger partial charge is 0.419 e. The van der Waals surface area contributed by atoms with E-state index in [4.69, 9.17) is 9.47 Å². The Hall–Kier alpha value is -2.82. The molecule has 2 aliphatic heterocycles. The number of ether oxygens (including phenoxy) is 2. The largest absolute Gasteiger partial charge is 0.435 e. The molecule has 5 heteroatoms. The van der Waals surface area contributed by atoms with E-state index in [9.17, 15) is 9.59 Å². The average molecular weight is 323 g/mol. The highest BCUT2D eigenvalue weighted by Gasteiger charge is 2.59. The van der Waals surface area contributed by atoms with Crippen molar-refractivity contribution in [2.75, 3.05) is 0 Å². The van der Waals surface area contributed by atoms with Crippen molar-refractivity contribution in [3.63, 3.8) is 0 Å². The molecule has 1 fully saturated rings. The molecule has 0 bridgehead atoms. The lowest BCUT2D eigenvalue weighted by molar-refractivity contribution is -0.145. The number of hydrogen-bond donors (Lipinski definition) is 0. The minimum Gasteiger partial charge on any atom is -0.435 e. The Balaban J connectivity index is 1.79. The zero-order chi connectivity index (χ0) is 16.7. The third-order valence-corrected chi connectivity index (χ3v) is 4.80. The van der Waals surface area contributed by atoms with E-state index in [2.05, 4.69) is 0 Å². The Morgan fingerprint density at radius 3 is 2.50 bits per heavy atom. The molecule has 2 aliphatic rings. The van der Waals surface area contributed by atoms with E-state index < -0.39 is 17.9 Å². The minimum atomic E-state index is -1.05. The van der Waals surface area contributed by atoms with Crippen molar-refractivity contribution < 1.29 is 19.1 Å². The molecule has 0 aromatic heterocycles. The Morgan fingerprint density at radius 1 is 1.04 bits per heavy atom. The van der Waals surface area contributed by atoms with Crippen molar-refractivity contribution in [2.24, 2.45) is 0 Å². The number of fused-ring (bicyclic) bond motifs is 3. The van der Waals surface area contributed by atoms with Gasteiger partial charge in [-0.3, -0.25) is 4.90 Å². The normalized spacial score (nSPS) is 24.9. The average Bonchev–Trinajstić information content (AvgIpc) is 2.89. The Bertz CT molecular complexity index is 804. The second-order valence-corrected chi connectivity index (χ2v) is 6.08. The van der Waals surface area contributed by atoms with Crippen molar-refractivity contribution >= 4 is 12.1 Å². The summed E-state index contributed by atoms with van der Waals surface area (Å²) >= 11 is 0. The fourth-order valence-corrected chi connectivity index (χ4v) is 3.51. The van der Waals surface area contributed by atoms with Crippen molar-refractivity contribution in [1.82, 2.24) is 4.90 Å². The number of rotatable bonds is 3. The zero-order valence-corrected chi connectivity index (χ0v) is 13.3. The molecule has 1 unspecified atom stereocenters. The van der Waals surface area contributed by atoms with Gasteiger partial charge >= 0.3 is 12.1 Å². The lowest BCUT2D eigenvalue weighted by Crippen LogP contribution is -2.55. The highest BCUT2D eigenvalue weighted by atomic mass is 16.6. The molecule has 5 nitrogen and oxygen atoms in total. The maximum absolute atomic E-state index is 12.8. The van der Waals surface area contributed by atoms with Crippen LogP contribution >= 0.6 is 0 Å². The van der Waals surface area contributed by atoms with E-state index in [1.807, 2.05) is 49.4 Å². The molecule has 0 N–H and O–H groups in total. The van der Waals surface area contributed by atoms with E-state index in [0.717, 1.165) is 5.56 Å². The summed E-state index contributed by atoms with van der Waals surface area (Å²) in [6.45, 7) is 1.89. The first kappa shape index (κ1) is 14.8. The third-order valence-electron chi connectivity index (χ3n) is 4.80. The van der Waals surface area contributed by atoms with E-state index >= 15 is 0 Å². The Labute approximate surface area is 139 Å². The molecule has 2 heterocycles. The number of carbonyl (C=O) groups excluding carboxylic acids is 2. The van der Waals surface area contributed by atoms with Gasteiger partial charge < -0.3 is 9.47 Å². The molecule has 4 rings (SSSR count). The maximum atomic E-state index is 12.8. The Morgan fingerprint density at radius 2 is 1.75 bits per heavy atom. The fourth-order valence-electron chi connectivity index (χ4n) is 3.51. The molecule has 2 aromatic rings. The molecule has 0 aliphatic carbocycles. The van der Waals surface area contributed by atoms with Gasteiger partial charge in [0.2, 0.25) is 6.23 Å². The number of carbonyl (C=O) groups is 2. The van der Waals surface area contributed by atoms with Crippen LogP contribution < -0.4 is 4.74 Å². The van der Waals surface area contributed by atoms with Gasteiger partial charge in [0.1, 0.15) is 5.75 Å². The Kier molecular flexibility index (Phi) is 3.30. The van der Waals surface area contributed by atoms with Crippen molar-refractivity contribution in [2.45, 2.75) is 31.5 Å². The molecule has 2 atom stereocenters. The van der Waals surface area contributed by atoms with Crippen LogP contribution in [0.1, 0.15) is 30.7 Å². The van der Waals surface area contributed by atoms with Crippen LogP contribution in [0.25, 0.3) is 0 Å². The monoisotopic (exact) mass is 323 g/mol. The molecule has 0 saturated carbocycles. The van der Waals surface area contributed by atoms with Crippen LogP contribution in [-0.2, 0) is 16.0 Å². The van der Waals surface area contributed by atoms with Crippen molar-refractivity contribution in [1.29, 1.82) is 0 Å². The zero-order valence-electron chi connectivity index (χ0n) is 13.3. The van der Waals surface area contributed by atoms with Gasteiger partial charge in [0.25, 0.3) is 0 Å². The van der Waals surface area contributed by atoms with Crippen LogP contribution in [0.2, 0.25) is 0 Å². The minimum absolute atomic E-state index is 0.382. The topological polar surface area (TPSA) is 55.8 Å². The van der Waals surface area contributed by atoms with E-state index in [0.29, 0.717) is 24.2 Å². The second kappa shape index (κ2) is 5.37. The van der Waals surface area contributed by atoms with Gasteiger partial charge in [0, 0.05) is 6.42 Å². The lowest BCUT2D eigenvalue weighted by Gasteiger charge is -2.37. The van der Waals surface area contributed by atoms with Gasteiger partial charge in [-0.25, -0.2) is 9.59 Å². The summed E-state index contributed by atoms with van der Waals surface area (Å²) in [7, 11) is 0. The summed E-state index contributed by atoms with van der Waals surface area (Å²) < 4.78 is 11.1. The maximum Gasteiger partial charge on any atom is 0.419 e. The van der Waals surface area contributed by atoms with Crippen LogP contribution in [0.5, 0.6) is 5.75 Å². The summed E-state index contributed by atoms with van der Waals surface area (Å²) in [4.78, 5) is 26.9. The summed E-state index contributed by atoms with van der Waals surface area (Å²) in [6, 6.07) is 16.8. The van der Waals surface area contributed by atoms with Crippen LogP contribution in [0.3, 0.4) is 0 Å². The van der Waals surface area contributed by atoms with Gasteiger partial charge in [-0.15, -0.1) is 0 Å². The lowest BCUT2D eigenvalue weighted by atomic mass is 9.87. The first-order valence-electron chi connectivity index (χ1n) is 8.01. The SMILES string of the molecule is CC[C@]1(Cc2ccccc2)C(=O)OC2c3ccccc3OC(=O)N21. The molecule has 1 amide bonds. The molecule has 0 radical (unpaired) electrons. The third kappa shape index (κ3) is 2.01. The summed E-state index contributed by atoms with van der Waals surface area (Å²) in [6.07, 6.45) is -0.410. The number of para-hydroxylation sites is 1. The van der Waals surface area contributed by atoms with Gasteiger partial charge in [-0.05, 0) is 24.1 Å². The van der Waals surface area contributed by atoms with Crippen molar-refractivity contribution in [3.05, 3.63) is 65.7 Å². The molecular formula is C19H17NO4. The number of hydrogen-bond acceptors (Lipinski definition) is 4. The predicted octanol–water partition coefficient (Wildman–Crippen LogP) is 3.45. The summed E-state index contributed by atoms with van der Waals surface area (Å²) in [5.74, 6) is 0.0654. The highest BCUT2D eigenvalue weighted by molar-refractivity contribution is 5.91. The standard InChI is InChI=1S/C19H17NO4/c1-2-19(12-13-8-4-3-5-9-13)17(21)24-16-14-10-6-7-11-15(14)23-18(22)20(16)19/h3-11,16H,2,12H2,1H3/t16?,19-/m0/s1. The molecule has 24 heavy (non-hydrogen) atoms. The number of nitrogens with zero attached hydrogens (tertiary/aromatic N) is 1. The quantitative estimate of drug-likeness (QED) is 0.812. The van der Waals surface area contributed by atoms with Crippen LogP contribution in [0, 0.1) is 0 Å². The molecule has 0 spiro atoms. The van der Waals surface area contributed by atoms with Gasteiger partial charge in [0.15, 0.2) is 5.54 Å². The van der Waals surface area contributed by atoms with Crippen LogP contribution in [0.15, 0.2) is 54.6 Å². The fraction of sp³-hybridized carbons (Fsp3) is 0.263. The molecule has 1 saturated heterocycles. The second-order valence-electron chi connectivity index (χ2n) is 6.08. The van der Waals surface area contributed by atoms with Crippen LogP contribution in [-0.4, -0.2) is 22.5 Å². The first-order valence-corrected chi connectivity index (χ1v) is 8.01. The first-order chi connectivity index (χ1) is 11.7. The van der Waals surface area contributed by atoms with E-state index in [-0.39, 0.29) is 5.97 Å². The number of amides is 1. The van der Waals surface area contributed by atoms with Crippen molar-refractivity contribution in [3.8, 4) is 5.75 Å². The van der Waals surface area contributed by atoms with Gasteiger partial charge in [0.05, 0.1) is 5.56 Å². The summed E-state index contributed by atoms with van der Waals surface area (Å²) in [5, 5.41) is 0. The predicted molar refractivity (Wildman–Crippen MR) is 86.3 cm³/mol. The molecular weight excluding hydrogens is 306 g/mol. The van der Waals surface area contributed by atoms with E-state index in [1.165, 1.54) is 4.90 Å². The van der Waals surface area contributed by atoms with Gasteiger partial charge in [-0.2, -0.15) is 0 Å². The van der Waals surface area contributed by atoms with Gasteiger partial charge in [-0.1, -0.05) is 49.4 Å². The number of esters is 1. The van der Waals surface area contributed by atoms with Crippen LogP contribution in [0.4, 0.5) is 4.79 Å². The summed E-state index contributed by atoms with van der Waals surface area (Å²) in [5.41, 5.74) is 0.633. The molecule has 122 valence electrons. The highest BCUT2D eigenvalue weighted by Crippen LogP contribution is 2.47.